The number of rotatable bonds is 13. The zero-order valence-electron chi connectivity index (χ0n) is 23.5. The number of aromatic nitrogens is 1. The SMILES string of the molecule is CC(C)C[C@H](NC(=O)C(=O)OCc1ccccc1)C(=O)N[C@@H](Cc1ccc[nH]c1=O)C(O)C(=O)NCc1ccccc1. The van der Waals surface area contributed by atoms with Gasteiger partial charge in [-0.1, -0.05) is 80.6 Å². The molecule has 1 unspecified atom stereocenters. The summed E-state index contributed by atoms with van der Waals surface area (Å²) < 4.78 is 5.07. The predicted octanol–water partition coefficient (Wildman–Crippen LogP) is 1.35. The summed E-state index contributed by atoms with van der Waals surface area (Å²) in [5, 5.41) is 18.6. The number of aliphatic hydroxyl groups is 1. The number of ether oxygens (including phenoxy) is 1. The van der Waals surface area contributed by atoms with Crippen molar-refractivity contribution in [3.63, 3.8) is 0 Å². The molecule has 0 aliphatic heterocycles. The van der Waals surface area contributed by atoms with E-state index in [1.54, 1.807) is 48.5 Å². The Kier molecular flexibility index (Phi) is 12.0. The minimum Gasteiger partial charge on any atom is -0.454 e. The summed E-state index contributed by atoms with van der Waals surface area (Å²) in [6.07, 6.45) is -0.321. The number of hydrogen-bond donors (Lipinski definition) is 5. The van der Waals surface area contributed by atoms with Crippen LogP contribution in [0.4, 0.5) is 0 Å². The van der Waals surface area contributed by atoms with E-state index in [1.807, 2.05) is 32.0 Å². The molecule has 0 saturated carbocycles. The van der Waals surface area contributed by atoms with E-state index < -0.39 is 47.4 Å². The highest BCUT2D eigenvalue weighted by Gasteiger charge is 2.32. The van der Waals surface area contributed by atoms with Crippen molar-refractivity contribution in [2.75, 3.05) is 0 Å². The van der Waals surface area contributed by atoms with Crippen LogP contribution in [0, 0.1) is 5.92 Å². The first-order valence-electron chi connectivity index (χ1n) is 13.6. The van der Waals surface area contributed by atoms with Gasteiger partial charge in [-0.05, 0) is 29.5 Å². The van der Waals surface area contributed by atoms with Crippen LogP contribution in [0.1, 0.15) is 37.0 Å². The molecule has 222 valence electrons. The van der Waals surface area contributed by atoms with Gasteiger partial charge in [0.25, 0.3) is 11.5 Å². The number of benzene rings is 2. The van der Waals surface area contributed by atoms with Gasteiger partial charge in [-0.25, -0.2) is 4.79 Å². The number of aromatic amines is 1. The highest BCUT2D eigenvalue weighted by molar-refractivity contribution is 6.32. The zero-order valence-corrected chi connectivity index (χ0v) is 23.5. The fourth-order valence-corrected chi connectivity index (χ4v) is 4.16. The molecule has 0 fully saturated rings. The summed E-state index contributed by atoms with van der Waals surface area (Å²) in [5.74, 6) is -3.83. The third-order valence-corrected chi connectivity index (χ3v) is 6.35. The molecule has 11 nitrogen and oxygen atoms in total. The lowest BCUT2D eigenvalue weighted by atomic mass is 9.99. The van der Waals surface area contributed by atoms with Crippen LogP contribution in [-0.4, -0.2) is 52.0 Å². The number of H-pyrrole nitrogens is 1. The van der Waals surface area contributed by atoms with Crippen molar-refractivity contribution in [2.24, 2.45) is 5.92 Å². The predicted molar refractivity (Wildman–Crippen MR) is 155 cm³/mol. The minimum absolute atomic E-state index is 0.0732. The quantitative estimate of drug-likeness (QED) is 0.151. The normalized spacial score (nSPS) is 13.0. The van der Waals surface area contributed by atoms with E-state index in [0.717, 1.165) is 5.56 Å². The van der Waals surface area contributed by atoms with Gasteiger partial charge in [-0.15, -0.1) is 0 Å². The largest absolute Gasteiger partial charge is 0.454 e. The van der Waals surface area contributed by atoms with E-state index in [2.05, 4.69) is 20.9 Å². The van der Waals surface area contributed by atoms with Gasteiger partial charge in [0.2, 0.25) is 5.91 Å². The lowest BCUT2D eigenvalue weighted by Gasteiger charge is -2.27. The van der Waals surface area contributed by atoms with Crippen molar-refractivity contribution < 1.29 is 29.0 Å². The smallest absolute Gasteiger partial charge is 0.397 e. The topological polar surface area (TPSA) is 167 Å². The van der Waals surface area contributed by atoms with E-state index in [4.69, 9.17) is 4.74 Å². The molecule has 0 saturated heterocycles. The molecule has 11 heteroatoms. The number of carbonyl (C=O) groups excluding carboxylic acids is 4. The molecule has 1 heterocycles. The molecule has 3 amide bonds. The highest BCUT2D eigenvalue weighted by Crippen LogP contribution is 2.10. The van der Waals surface area contributed by atoms with Crippen molar-refractivity contribution in [3.8, 4) is 0 Å². The maximum atomic E-state index is 13.4. The maximum absolute atomic E-state index is 13.4. The molecule has 3 rings (SSSR count). The second kappa shape index (κ2) is 15.9. The van der Waals surface area contributed by atoms with Gasteiger partial charge in [-0.3, -0.25) is 19.2 Å². The number of nitrogens with one attached hydrogen (secondary N) is 4. The molecular weight excluding hydrogens is 540 g/mol. The average molecular weight is 577 g/mol. The second-order valence-corrected chi connectivity index (χ2v) is 10.2. The molecule has 5 N–H and O–H groups in total. The van der Waals surface area contributed by atoms with Crippen molar-refractivity contribution in [2.45, 2.75) is 58.0 Å². The van der Waals surface area contributed by atoms with Gasteiger partial charge >= 0.3 is 11.9 Å². The number of hydrogen-bond acceptors (Lipinski definition) is 7. The van der Waals surface area contributed by atoms with Crippen molar-refractivity contribution >= 4 is 23.7 Å². The molecule has 1 aromatic heterocycles. The molecule has 0 aliphatic carbocycles. The van der Waals surface area contributed by atoms with Crippen LogP contribution in [0.25, 0.3) is 0 Å². The lowest BCUT2D eigenvalue weighted by molar-refractivity contribution is -0.156. The van der Waals surface area contributed by atoms with Gasteiger partial charge in [0.1, 0.15) is 12.6 Å². The third-order valence-electron chi connectivity index (χ3n) is 6.35. The number of carbonyl (C=O) groups is 4. The van der Waals surface area contributed by atoms with Crippen LogP contribution >= 0.6 is 0 Å². The summed E-state index contributed by atoms with van der Waals surface area (Å²) in [7, 11) is 0. The Morgan fingerprint density at radius 3 is 2.12 bits per heavy atom. The first-order valence-corrected chi connectivity index (χ1v) is 13.6. The van der Waals surface area contributed by atoms with E-state index in [-0.39, 0.29) is 37.5 Å². The Balaban J connectivity index is 1.72. The Labute approximate surface area is 243 Å². The number of pyridine rings is 1. The minimum atomic E-state index is -1.73. The molecule has 0 aliphatic rings. The average Bonchev–Trinajstić information content (AvgIpc) is 2.99. The van der Waals surface area contributed by atoms with Crippen LogP contribution in [-0.2, 0) is 43.5 Å². The van der Waals surface area contributed by atoms with E-state index in [9.17, 15) is 29.1 Å². The monoisotopic (exact) mass is 576 g/mol. The maximum Gasteiger partial charge on any atom is 0.397 e. The summed E-state index contributed by atoms with van der Waals surface area (Å²) in [4.78, 5) is 66.1. The fourth-order valence-electron chi connectivity index (χ4n) is 4.16. The summed E-state index contributed by atoms with van der Waals surface area (Å²) in [6, 6.07) is 18.6. The summed E-state index contributed by atoms with van der Waals surface area (Å²) in [6.45, 7) is 3.67. The van der Waals surface area contributed by atoms with Crippen LogP contribution in [0.2, 0.25) is 0 Å². The molecular formula is C31H36N4O7. The molecule has 0 spiro atoms. The van der Waals surface area contributed by atoms with Gasteiger partial charge in [-0.2, -0.15) is 0 Å². The van der Waals surface area contributed by atoms with Crippen LogP contribution in [0.5, 0.6) is 0 Å². The van der Waals surface area contributed by atoms with Crippen LogP contribution < -0.4 is 21.5 Å². The molecule has 2 aromatic carbocycles. The first kappa shape index (κ1) is 31.8. The Hall–Kier alpha value is -4.77. The third kappa shape index (κ3) is 10.0. The number of amides is 3. The van der Waals surface area contributed by atoms with Crippen molar-refractivity contribution in [1.82, 2.24) is 20.9 Å². The molecule has 0 bridgehead atoms. The molecule has 42 heavy (non-hydrogen) atoms. The standard InChI is InChI=1S/C31H36N4O7/c1-20(2)16-25(35-30(40)31(41)42-19-22-12-7-4-8-13-22)28(38)34-24(17-23-14-9-15-32-27(23)37)26(36)29(39)33-18-21-10-5-3-6-11-21/h3-15,20,24-26,36H,16-19H2,1-2H3,(H,32,37)(H,33,39)(H,34,38)(H,35,40)/t24-,25-,26?/m0/s1. The molecule has 3 aromatic rings. The Morgan fingerprint density at radius 2 is 1.50 bits per heavy atom. The van der Waals surface area contributed by atoms with Crippen molar-refractivity contribution in [3.05, 3.63) is 106 Å². The van der Waals surface area contributed by atoms with E-state index >= 15 is 0 Å². The zero-order chi connectivity index (χ0) is 30.5. The van der Waals surface area contributed by atoms with Gasteiger partial charge in [0.05, 0.1) is 6.04 Å². The van der Waals surface area contributed by atoms with Gasteiger partial charge < -0.3 is 30.8 Å². The summed E-state index contributed by atoms with van der Waals surface area (Å²) in [5.41, 5.74) is 1.28. The van der Waals surface area contributed by atoms with Crippen LogP contribution in [0.15, 0.2) is 83.8 Å². The lowest BCUT2D eigenvalue weighted by Crippen LogP contribution is -2.57. The Morgan fingerprint density at radius 1 is 0.857 bits per heavy atom. The van der Waals surface area contributed by atoms with E-state index in [0.29, 0.717) is 5.56 Å². The number of esters is 1. The number of aliphatic hydroxyl groups excluding tert-OH is 1. The van der Waals surface area contributed by atoms with Gasteiger partial charge in [0, 0.05) is 24.7 Å². The highest BCUT2D eigenvalue weighted by atomic mass is 16.5. The molecule has 0 radical (unpaired) electrons. The van der Waals surface area contributed by atoms with Crippen molar-refractivity contribution in [1.29, 1.82) is 0 Å². The Bertz CT molecular complexity index is 1390. The second-order valence-electron chi connectivity index (χ2n) is 10.2. The van der Waals surface area contributed by atoms with E-state index in [1.165, 1.54) is 12.3 Å². The van der Waals surface area contributed by atoms with Gasteiger partial charge in [0.15, 0.2) is 6.10 Å². The van der Waals surface area contributed by atoms with Crippen LogP contribution in [0.3, 0.4) is 0 Å². The first-order chi connectivity index (χ1) is 20.1. The molecule has 3 atom stereocenters. The fraction of sp³-hybridized carbons (Fsp3) is 0.323. The summed E-state index contributed by atoms with van der Waals surface area (Å²) >= 11 is 0.